The van der Waals surface area contributed by atoms with Gasteiger partial charge in [-0.2, -0.15) is 0 Å². The largest absolute Gasteiger partial charge is 0.466 e. The number of hydrogen-bond acceptors (Lipinski definition) is 2. The first-order valence-corrected chi connectivity index (χ1v) is 10.7. The molecule has 0 heterocycles. The summed E-state index contributed by atoms with van der Waals surface area (Å²) >= 11 is 0. The first kappa shape index (κ1) is 17.0. The second-order valence-electron chi connectivity index (χ2n) is 6.34. The second kappa shape index (κ2) is 7.63. The lowest BCUT2D eigenvalue weighted by atomic mass is 10.0. The van der Waals surface area contributed by atoms with E-state index >= 15 is 0 Å². The highest BCUT2D eigenvalue weighted by atomic mass is 28.3. The fourth-order valence-corrected chi connectivity index (χ4v) is 5.25. The summed E-state index contributed by atoms with van der Waals surface area (Å²) < 4.78 is 5.04. The number of ether oxygens (including phenoxy) is 1. The molecule has 0 amide bonds. The zero-order chi connectivity index (χ0) is 15.2. The molecule has 3 heteroatoms. The number of carbonyl (C=O) groups excluding carboxylic acids is 1. The van der Waals surface area contributed by atoms with Crippen molar-refractivity contribution in [3.05, 3.63) is 30.3 Å². The van der Waals surface area contributed by atoms with Gasteiger partial charge in [0.1, 0.15) is 0 Å². The number of hydrogen-bond donors (Lipinski definition) is 0. The third kappa shape index (κ3) is 4.78. The third-order valence-corrected chi connectivity index (χ3v) is 8.85. The van der Waals surface area contributed by atoms with Crippen molar-refractivity contribution < 1.29 is 9.53 Å². The standard InChI is InChI=1S/C17H28O2Si/c1-6-19-17(18)13-14(2)12-15(3)20(4,5)16-10-8-7-9-11-16/h7-11,14-15H,6,12-13H2,1-5H3/t14-,15-/m0/s1. The molecular weight excluding hydrogens is 264 g/mol. The van der Waals surface area contributed by atoms with Crippen LogP contribution in [-0.2, 0) is 9.53 Å². The Morgan fingerprint density at radius 3 is 2.35 bits per heavy atom. The van der Waals surface area contributed by atoms with E-state index in [1.807, 2.05) is 6.92 Å². The number of benzene rings is 1. The number of carbonyl (C=O) groups is 1. The summed E-state index contributed by atoms with van der Waals surface area (Å²) in [6, 6.07) is 10.8. The predicted octanol–water partition coefficient (Wildman–Crippen LogP) is 3.97. The van der Waals surface area contributed by atoms with Gasteiger partial charge >= 0.3 is 5.97 Å². The topological polar surface area (TPSA) is 26.3 Å². The fourth-order valence-electron chi connectivity index (χ4n) is 2.64. The van der Waals surface area contributed by atoms with Crippen LogP contribution in [0, 0.1) is 5.92 Å². The summed E-state index contributed by atoms with van der Waals surface area (Å²) in [6.45, 7) is 11.7. The quantitative estimate of drug-likeness (QED) is 0.561. The van der Waals surface area contributed by atoms with Crippen LogP contribution in [0.25, 0.3) is 0 Å². The van der Waals surface area contributed by atoms with E-state index < -0.39 is 8.07 Å². The maximum atomic E-state index is 11.5. The molecule has 0 fully saturated rings. The van der Waals surface area contributed by atoms with Gasteiger partial charge in [0.2, 0.25) is 0 Å². The minimum Gasteiger partial charge on any atom is -0.466 e. The van der Waals surface area contributed by atoms with E-state index in [0.29, 0.717) is 24.5 Å². The molecule has 0 aromatic heterocycles. The van der Waals surface area contributed by atoms with Crippen LogP contribution >= 0.6 is 0 Å². The van der Waals surface area contributed by atoms with Gasteiger partial charge in [0.25, 0.3) is 0 Å². The highest BCUT2D eigenvalue weighted by Crippen LogP contribution is 2.29. The van der Waals surface area contributed by atoms with E-state index in [1.54, 1.807) is 0 Å². The van der Waals surface area contributed by atoms with E-state index in [1.165, 1.54) is 5.19 Å². The maximum absolute atomic E-state index is 11.5. The predicted molar refractivity (Wildman–Crippen MR) is 88.0 cm³/mol. The van der Waals surface area contributed by atoms with Gasteiger partial charge in [-0.25, -0.2) is 0 Å². The first-order chi connectivity index (χ1) is 9.37. The van der Waals surface area contributed by atoms with Gasteiger partial charge in [0.15, 0.2) is 0 Å². The highest BCUT2D eigenvalue weighted by Gasteiger charge is 2.31. The molecule has 0 N–H and O–H groups in total. The Kier molecular flexibility index (Phi) is 6.47. The van der Waals surface area contributed by atoms with Gasteiger partial charge in [-0.05, 0) is 24.8 Å². The fraction of sp³-hybridized carbons (Fsp3) is 0.588. The second-order valence-corrected chi connectivity index (χ2v) is 11.3. The molecule has 0 unspecified atom stereocenters. The Morgan fingerprint density at radius 2 is 1.80 bits per heavy atom. The lowest BCUT2D eigenvalue weighted by Gasteiger charge is -2.32. The lowest BCUT2D eigenvalue weighted by Crippen LogP contribution is -2.45. The molecule has 1 rings (SSSR count). The maximum Gasteiger partial charge on any atom is 0.306 e. The van der Waals surface area contributed by atoms with E-state index in [2.05, 4.69) is 57.3 Å². The van der Waals surface area contributed by atoms with E-state index in [0.717, 1.165) is 6.42 Å². The Hall–Kier alpha value is -1.09. The van der Waals surface area contributed by atoms with Crippen molar-refractivity contribution >= 4 is 19.2 Å². The van der Waals surface area contributed by atoms with Crippen molar-refractivity contribution in [2.45, 2.75) is 52.2 Å². The van der Waals surface area contributed by atoms with Gasteiger partial charge in [0.05, 0.1) is 14.7 Å². The molecule has 0 aliphatic rings. The van der Waals surface area contributed by atoms with Crippen LogP contribution in [0.2, 0.25) is 18.6 Å². The average Bonchev–Trinajstić information content (AvgIpc) is 2.39. The monoisotopic (exact) mass is 292 g/mol. The van der Waals surface area contributed by atoms with E-state index in [-0.39, 0.29) is 5.97 Å². The van der Waals surface area contributed by atoms with Gasteiger partial charge in [-0.3, -0.25) is 4.79 Å². The van der Waals surface area contributed by atoms with Crippen LogP contribution in [0.1, 0.15) is 33.6 Å². The van der Waals surface area contributed by atoms with Gasteiger partial charge in [-0.15, -0.1) is 0 Å². The number of rotatable bonds is 7. The van der Waals surface area contributed by atoms with Crippen LogP contribution in [0.5, 0.6) is 0 Å². The minimum atomic E-state index is -1.47. The van der Waals surface area contributed by atoms with Crippen LogP contribution in [0.3, 0.4) is 0 Å². The Morgan fingerprint density at radius 1 is 1.20 bits per heavy atom. The van der Waals surface area contributed by atoms with Crippen LogP contribution in [0.15, 0.2) is 30.3 Å². The molecule has 0 bridgehead atoms. The molecule has 1 aromatic carbocycles. The summed E-state index contributed by atoms with van der Waals surface area (Å²) in [7, 11) is -1.47. The molecule has 0 radical (unpaired) electrons. The Balaban J connectivity index is 2.61. The van der Waals surface area contributed by atoms with Crippen molar-refractivity contribution in [1.29, 1.82) is 0 Å². The SMILES string of the molecule is CCOC(=O)C[C@@H](C)C[C@H](C)[Si](C)(C)c1ccccc1. The van der Waals surface area contributed by atoms with Gasteiger partial charge in [0, 0.05) is 6.42 Å². The summed E-state index contributed by atoms with van der Waals surface area (Å²) in [5.41, 5.74) is 0.648. The van der Waals surface area contributed by atoms with Crippen LogP contribution < -0.4 is 5.19 Å². The average molecular weight is 292 g/mol. The van der Waals surface area contributed by atoms with Crippen molar-refractivity contribution in [3.63, 3.8) is 0 Å². The summed E-state index contributed by atoms with van der Waals surface area (Å²) in [4.78, 5) is 11.5. The zero-order valence-electron chi connectivity index (χ0n) is 13.5. The molecule has 1 aromatic rings. The van der Waals surface area contributed by atoms with Crippen molar-refractivity contribution in [3.8, 4) is 0 Å². The highest BCUT2D eigenvalue weighted by molar-refractivity contribution is 6.90. The van der Waals surface area contributed by atoms with E-state index in [4.69, 9.17) is 4.74 Å². The molecule has 0 saturated carbocycles. The molecule has 0 aliphatic heterocycles. The zero-order valence-corrected chi connectivity index (χ0v) is 14.5. The minimum absolute atomic E-state index is 0.0635. The molecule has 0 aliphatic carbocycles. The molecule has 20 heavy (non-hydrogen) atoms. The molecule has 0 spiro atoms. The van der Waals surface area contributed by atoms with Gasteiger partial charge < -0.3 is 4.74 Å². The normalized spacial score (nSPS) is 14.7. The summed E-state index contributed by atoms with van der Waals surface area (Å²) in [6.07, 6.45) is 1.63. The lowest BCUT2D eigenvalue weighted by molar-refractivity contribution is -0.144. The third-order valence-electron chi connectivity index (χ3n) is 4.33. The smallest absolute Gasteiger partial charge is 0.306 e. The van der Waals surface area contributed by atoms with Crippen LogP contribution in [-0.4, -0.2) is 20.7 Å². The van der Waals surface area contributed by atoms with Crippen molar-refractivity contribution in [2.24, 2.45) is 5.92 Å². The Labute approximate surface area is 124 Å². The molecule has 0 saturated heterocycles. The van der Waals surface area contributed by atoms with Gasteiger partial charge in [-0.1, -0.05) is 62.5 Å². The Bertz CT molecular complexity index is 414. The molecule has 112 valence electrons. The summed E-state index contributed by atoms with van der Waals surface area (Å²) in [5, 5.41) is 1.50. The van der Waals surface area contributed by atoms with Crippen LogP contribution in [0.4, 0.5) is 0 Å². The molecule has 2 atom stereocenters. The molecule has 2 nitrogen and oxygen atoms in total. The van der Waals surface area contributed by atoms with Crippen molar-refractivity contribution in [2.75, 3.05) is 6.61 Å². The summed E-state index contributed by atoms with van der Waals surface area (Å²) in [5.74, 6) is 0.325. The number of esters is 1. The molecular formula is C17H28O2Si. The van der Waals surface area contributed by atoms with Crippen molar-refractivity contribution in [1.82, 2.24) is 0 Å². The first-order valence-electron chi connectivity index (χ1n) is 7.59. The van der Waals surface area contributed by atoms with E-state index in [9.17, 15) is 4.79 Å².